The summed E-state index contributed by atoms with van der Waals surface area (Å²) in [5, 5.41) is 4.10. The average Bonchev–Trinajstić information content (AvgIpc) is 2.66. The van der Waals surface area contributed by atoms with Gasteiger partial charge in [-0.1, -0.05) is 44.2 Å². The third kappa shape index (κ3) is 8.01. The molecular weight excluding hydrogens is 346 g/mol. The number of benzene rings is 2. The Kier molecular flexibility index (Phi) is 9.19. The summed E-state index contributed by atoms with van der Waals surface area (Å²) >= 11 is 5.88. The van der Waals surface area contributed by atoms with Crippen LogP contribution >= 0.6 is 11.6 Å². The lowest BCUT2D eigenvalue weighted by Gasteiger charge is -2.16. The van der Waals surface area contributed by atoms with Crippen LogP contribution in [0.15, 0.2) is 48.5 Å². The fraction of sp³-hybridized carbons (Fsp3) is 0.455. The van der Waals surface area contributed by atoms with E-state index in [1.165, 1.54) is 25.7 Å². The first kappa shape index (κ1) is 20.4. The number of halogens is 1. The van der Waals surface area contributed by atoms with Crippen LogP contribution in [0.5, 0.6) is 11.5 Å². The van der Waals surface area contributed by atoms with Crippen LogP contribution in [0.4, 0.5) is 5.69 Å². The van der Waals surface area contributed by atoms with Gasteiger partial charge < -0.3 is 14.8 Å². The van der Waals surface area contributed by atoms with Crippen molar-refractivity contribution in [1.29, 1.82) is 0 Å². The Morgan fingerprint density at radius 2 is 1.54 bits per heavy atom. The van der Waals surface area contributed by atoms with Crippen molar-refractivity contribution in [2.75, 3.05) is 18.5 Å². The van der Waals surface area contributed by atoms with Crippen LogP contribution in [0.3, 0.4) is 0 Å². The van der Waals surface area contributed by atoms with Crippen molar-refractivity contribution in [2.45, 2.75) is 52.1 Å². The third-order valence-electron chi connectivity index (χ3n) is 4.12. The maximum atomic E-state index is 5.88. The predicted octanol–water partition coefficient (Wildman–Crippen LogP) is 6.57. The monoisotopic (exact) mass is 375 g/mol. The lowest BCUT2D eigenvalue weighted by molar-refractivity contribution is 0.235. The maximum absolute atomic E-state index is 5.88. The van der Waals surface area contributed by atoms with E-state index in [0.717, 1.165) is 36.8 Å². The minimum Gasteiger partial charge on any atom is -0.494 e. The molecule has 0 aromatic heterocycles. The minimum atomic E-state index is 0.0511. The van der Waals surface area contributed by atoms with E-state index in [1.807, 2.05) is 55.5 Å². The summed E-state index contributed by atoms with van der Waals surface area (Å²) in [5.41, 5.74) is 1.06. The molecule has 0 radical (unpaired) electrons. The lowest BCUT2D eigenvalue weighted by Crippen LogP contribution is -2.22. The number of hydrogen-bond acceptors (Lipinski definition) is 3. The fourth-order valence-electron chi connectivity index (χ4n) is 2.61. The number of rotatable bonds is 12. The molecule has 2 aromatic rings. The molecule has 4 heteroatoms. The highest BCUT2D eigenvalue weighted by atomic mass is 35.5. The summed E-state index contributed by atoms with van der Waals surface area (Å²) in [4.78, 5) is 0. The van der Waals surface area contributed by atoms with Crippen molar-refractivity contribution >= 4 is 17.3 Å². The van der Waals surface area contributed by atoms with E-state index in [2.05, 4.69) is 12.2 Å². The Bertz CT molecular complexity index is 613. The average molecular weight is 376 g/mol. The molecule has 0 saturated carbocycles. The summed E-state index contributed by atoms with van der Waals surface area (Å²) in [6.45, 7) is 5.79. The second-order valence-electron chi connectivity index (χ2n) is 6.55. The molecule has 0 heterocycles. The van der Waals surface area contributed by atoms with Gasteiger partial charge in [-0.05, 0) is 61.9 Å². The summed E-state index contributed by atoms with van der Waals surface area (Å²) in [7, 11) is 0. The predicted molar refractivity (Wildman–Crippen MR) is 111 cm³/mol. The van der Waals surface area contributed by atoms with E-state index < -0.39 is 0 Å². The van der Waals surface area contributed by atoms with Crippen molar-refractivity contribution in [3.05, 3.63) is 53.6 Å². The van der Waals surface area contributed by atoms with Gasteiger partial charge >= 0.3 is 0 Å². The quantitative estimate of drug-likeness (QED) is 0.425. The Labute approximate surface area is 162 Å². The van der Waals surface area contributed by atoms with Crippen molar-refractivity contribution in [1.82, 2.24) is 0 Å². The van der Waals surface area contributed by atoms with Gasteiger partial charge in [0.15, 0.2) is 0 Å². The number of unbranched alkanes of at least 4 members (excludes halogenated alkanes) is 4. The van der Waals surface area contributed by atoms with Crippen molar-refractivity contribution < 1.29 is 9.47 Å². The Hall–Kier alpha value is -1.87. The zero-order chi connectivity index (χ0) is 18.6. The van der Waals surface area contributed by atoms with Gasteiger partial charge in [0, 0.05) is 10.7 Å². The Balaban J connectivity index is 1.65. The van der Waals surface area contributed by atoms with Crippen LogP contribution in [0.25, 0.3) is 0 Å². The molecule has 0 spiro atoms. The van der Waals surface area contributed by atoms with Crippen LogP contribution in [-0.2, 0) is 0 Å². The highest BCUT2D eigenvalue weighted by molar-refractivity contribution is 6.30. The van der Waals surface area contributed by atoms with Gasteiger partial charge in [-0.3, -0.25) is 0 Å². The van der Waals surface area contributed by atoms with Crippen LogP contribution < -0.4 is 14.8 Å². The smallest absolute Gasteiger partial charge is 0.119 e. The molecule has 142 valence electrons. The highest BCUT2D eigenvalue weighted by Gasteiger charge is 2.04. The first-order valence-corrected chi connectivity index (χ1v) is 9.94. The molecule has 2 rings (SSSR count). The molecule has 0 fully saturated rings. The summed E-state index contributed by atoms with van der Waals surface area (Å²) < 4.78 is 11.7. The summed E-state index contributed by atoms with van der Waals surface area (Å²) in [6, 6.07) is 15.5. The summed E-state index contributed by atoms with van der Waals surface area (Å²) in [5.74, 6) is 1.75. The van der Waals surface area contributed by atoms with Crippen molar-refractivity contribution in [3.8, 4) is 11.5 Å². The maximum Gasteiger partial charge on any atom is 0.119 e. The van der Waals surface area contributed by atoms with E-state index in [1.54, 1.807) is 0 Å². The third-order valence-corrected chi connectivity index (χ3v) is 4.37. The second kappa shape index (κ2) is 11.7. The number of ether oxygens (including phenoxy) is 2. The van der Waals surface area contributed by atoms with Gasteiger partial charge in [0.2, 0.25) is 0 Å². The normalized spacial score (nSPS) is 11.8. The summed E-state index contributed by atoms with van der Waals surface area (Å²) in [6.07, 6.45) is 6.33. The number of nitrogens with one attached hydrogen (secondary N) is 1. The Morgan fingerprint density at radius 1 is 0.885 bits per heavy atom. The molecule has 26 heavy (non-hydrogen) atoms. The van der Waals surface area contributed by atoms with Crippen LogP contribution in [0.2, 0.25) is 5.02 Å². The fourth-order valence-corrected chi connectivity index (χ4v) is 2.74. The molecule has 0 aliphatic carbocycles. The highest BCUT2D eigenvalue weighted by Crippen LogP contribution is 2.18. The zero-order valence-electron chi connectivity index (χ0n) is 15.8. The van der Waals surface area contributed by atoms with Gasteiger partial charge in [-0.2, -0.15) is 0 Å². The largest absolute Gasteiger partial charge is 0.494 e. The van der Waals surface area contributed by atoms with Gasteiger partial charge in [0.05, 0.1) is 13.2 Å². The molecule has 1 unspecified atom stereocenters. The van der Waals surface area contributed by atoms with Gasteiger partial charge in [0.1, 0.15) is 17.6 Å². The minimum absolute atomic E-state index is 0.0511. The van der Waals surface area contributed by atoms with E-state index in [-0.39, 0.29) is 6.10 Å². The zero-order valence-corrected chi connectivity index (χ0v) is 16.6. The van der Waals surface area contributed by atoms with Crippen molar-refractivity contribution in [3.63, 3.8) is 0 Å². The number of anilines is 1. The lowest BCUT2D eigenvalue weighted by atomic mass is 10.2. The van der Waals surface area contributed by atoms with Gasteiger partial charge in [-0.25, -0.2) is 0 Å². The van der Waals surface area contributed by atoms with Gasteiger partial charge in [0.25, 0.3) is 0 Å². The molecule has 0 aliphatic heterocycles. The van der Waals surface area contributed by atoms with Gasteiger partial charge in [-0.15, -0.1) is 0 Å². The second-order valence-corrected chi connectivity index (χ2v) is 6.99. The Morgan fingerprint density at radius 3 is 2.23 bits per heavy atom. The molecule has 0 amide bonds. The van der Waals surface area contributed by atoms with E-state index in [4.69, 9.17) is 21.1 Å². The molecule has 1 atom stereocenters. The SMILES string of the molecule is CCCCCCCOc1ccc(NCC(C)Oc2ccc(Cl)cc2)cc1. The van der Waals surface area contributed by atoms with Crippen LogP contribution in [0.1, 0.15) is 46.0 Å². The van der Waals surface area contributed by atoms with Crippen molar-refractivity contribution in [2.24, 2.45) is 0 Å². The molecule has 2 aromatic carbocycles. The molecule has 1 N–H and O–H groups in total. The molecule has 0 saturated heterocycles. The topological polar surface area (TPSA) is 30.5 Å². The van der Waals surface area contributed by atoms with E-state index in [0.29, 0.717) is 5.02 Å². The van der Waals surface area contributed by atoms with Crippen LogP contribution in [-0.4, -0.2) is 19.3 Å². The first-order valence-electron chi connectivity index (χ1n) is 9.56. The first-order chi connectivity index (χ1) is 12.7. The molecular formula is C22H30ClNO2. The van der Waals surface area contributed by atoms with E-state index in [9.17, 15) is 0 Å². The van der Waals surface area contributed by atoms with E-state index >= 15 is 0 Å². The van der Waals surface area contributed by atoms with Crippen LogP contribution in [0, 0.1) is 0 Å². The standard InChI is InChI=1S/C22H30ClNO2/c1-3-4-5-6-7-16-25-21-14-10-20(11-15-21)24-17-18(2)26-22-12-8-19(23)9-13-22/h8-15,18,24H,3-7,16-17H2,1-2H3. The number of hydrogen-bond donors (Lipinski definition) is 1. The molecule has 0 aliphatic rings. The molecule has 3 nitrogen and oxygen atoms in total. The molecule has 0 bridgehead atoms.